The summed E-state index contributed by atoms with van der Waals surface area (Å²) >= 11 is 0. The lowest BCUT2D eigenvalue weighted by Gasteiger charge is -2.21. The smallest absolute Gasteiger partial charge is 0.428 e. The van der Waals surface area contributed by atoms with Gasteiger partial charge in [0.05, 0.1) is 12.7 Å². The first-order chi connectivity index (χ1) is 7.37. The summed E-state index contributed by atoms with van der Waals surface area (Å²) in [6.45, 7) is 8.10. The average Bonchev–Trinajstić information content (AvgIpc) is 2.12. The Hall–Kier alpha value is -1.10. The van der Waals surface area contributed by atoms with E-state index in [2.05, 4.69) is 10.5 Å². The highest BCUT2D eigenvalue weighted by molar-refractivity contribution is 5.86. The molecule has 0 unspecified atom stereocenters. The third-order valence-corrected chi connectivity index (χ3v) is 2.02. The summed E-state index contributed by atoms with van der Waals surface area (Å²) in [6, 6.07) is 0. The number of ether oxygens (including phenoxy) is 2. The molecule has 1 rings (SSSR count). The number of carbonyl (C=O) groups excluding carboxylic acids is 1. The van der Waals surface area contributed by atoms with Gasteiger partial charge in [-0.2, -0.15) is 5.10 Å². The molecule has 0 bridgehead atoms. The van der Waals surface area contributed by atoms with Gasteiger partial charge in [0.1, 0.15) is 5.60 Å². The highest BCUT2D eigenvalue weighted by atomic mass is 16.6. The summed E-state index contributed by atoms with van der Waals surface area (Å²) in [6.07, 6.45) is 1.18. The number of hydrazone groups is 1. The predicted octanol–water partition coefficient (Wildman–Crippen LogP) is 2.07. The van der Waals surface area contributed by atoms with Crippen LogP contribution in [0.4, 0.5) is 4.79 Å². The predicted molar refractivity (Wildman–Crippen MR) is 61.5 cm³/mol. The third kappa shape index (κ3) is 5.11. The number of amides is 1. The van der Waals surface area contributed by atoms with Gasteiger partial charge in [0.25, 0.3) is 0 Å². The molecular formula is C11H20N2O3. The molecule has 1 fully saturated rings. The summed E-state index contributed by atoms with van der Waals surface area (Å²) < 4.78 is 10.4. The SMILES string of the molecule is C[C@H]1C/C(=N\NC(=O)OC(C)(C)C)CCO1. The molecule has 5 heteroatoms. The number of hydrogen-bond acceptors (Lipinski definition) is 4. The molecular weight excluding hydrogens is 208 g/mol. The molecule has 92 valence electrons. The van der Waals surface area contributed by atoms with Crippen molar-refractivity contribution >= 4 is 11.8 Å². The minimum absolute atomic E-state index is 0.174. The van der Waals surface area contributed by atoms with Crippen molar-refractivity contribution in [2.75, 3.05) is 6.61 Å². The number of carbonyl (C=O) groups is 1. The lowest BCUT2D eigenvalue weighted by Crippen LogP contribution is -2.31. The topological polar surface area (TPSA) is 59.9 Å². The van der Waals surface area contributed by atoms with Gasteiger partial charge in [0, 0.05) is 18.6 Å². The Morgan fingerprint density at radius 1 is 1.56 bits per heavy atom. The highest BCUT2D eigenvalue weighted by Gasteiger charge is 2.17. The van der Waals surface area contributed by atoms with Crippen LogP contribution < -0.4 is 5.43 Å². The van der Waals surface area contributed by atoms with E-state index in [4.69, 9.17) is 9.47 Å². The van der Waals surface area contributed by atoms with Crippen molar-refractivity contribution < 1.29 is 14.3 Å². The molecule has 0 aromatic carbocycles. The van der Waals surface area contributed by atoms with Crippen LogP contribution in [0.15, 0.2) is 5.10 Å². The molecule has 1 aliphatic heterocycles. The quantitative estimate of drug-likeness (QED) is 0.699. The first kappa shape index (κ1) is 13.0. The summed E-state index contributed by atoms with van der Waals surface area (Å²) in [7, 11) is 0. The molecule has 0 aromatic heterocycles. The van der Waals surface area contributed by atoms with Crippen LogP contribution in [0.25, 0.3) is 0 Å². The van der Waals surface area contributed by atoms with Gasteiger partial charge >= 0.3 is 6.09 Å². The molecule has 1 atom stereocenters. The van der Waals surface area contributed by atoms with E-state index >= 15 is 0 Å². The van der Waals surface area contributed by atoms with Gasteiger partial charge in [-0.25, -0.2) is 10.2 Å². The monoisotopic (exact) mass is 228 g/mol. The van der Waals surface area contributed by atoms with E-state index in [1.54, 1.807) is 0 Å². The fourth-order valence-corrected chi connectivity index (χ4v) is 1.40. The number of nitrogens with one attached hydrogen (secondary N) is 1. The first-order valence-electron chi connectivity index (χ1n) is 5.53. The number of hydrogen-bond donors (Lipinski definition) is 1. The Bertz CT molecular complexity index is 281. The lowest BCUT2D eigenvalue weighted by atomic mass is 10.1. The van der Waals surface area contributed by atoms with Crippen molar-refractivity contribution in [2.45, 2.75) is 52.2 Å². The van der Waals surface area contributed by atoms with E-state index in [9.17, 15) is 4.79 Å². The molecule has 0 aliphatic carbocycles. The van der Waals surface area contributed by atoms with Crippen LogP contribution >= 0.6 is 0 Å². The normalized spacial score (nSPS) is 24.2. The van der Waals surface area contributed by atoms with Crippen LogP contribution in [0.1, 0.15) is 40.5 Å². The maximum Gasteiger partial charge on any atom is 0.428 e. The summed E-state index contributed by atoms with van der Waals surface area (Å²) in [5.74, 6) is 0. The number of rotatable bonds is 1. The van der Waals surface area contributed by atoms with Crippen molar-refractivity contribution in [2.24, 2.45) is 5.10 Å². The van der Waals surface area contributed by atoms with Crippen molar-refractivity contribution in [3.8, 4) is 0 Å². The van der Waals surface area contributed by atoms with Crippen LogP contribution in [-0.4, -0.2) is 30.1 Å². The Morgan fingerprint density at radius 2 is 2.25 bits per heavy atom. The lowest BCUT2D eigenvalue weighted by molar-refractivity contribution is 0.0517. The van der Waals surface area contributed by atoms with E-state index in [0.29, 0.717) is 6.61 Å². The fourth-order valence-electron chi connectivity index (χ4n) is 1.40. The Labute approximate surface area is 96.2 Å². The van der Waals surface area contributed by atoms with E-state index in [0.717, 1.165) is 18.6 Å². The van der Waals surface area contributed by atoms with E-state index < -0.39 is 11.7 Å². The molecule has 1 N–H and O–H groups in total. The summed E-state index contributed by atoms with van der Waals surface area (Å²) in [5, 5.41) is 4.03. The van der Waals surface area contributed by atoms with Gasteiger partial charge in [0.2, 0.25) is 0 Å². The van der Waals surface area contributed by atoms with E-state index in [-0.39, 0.29) is 6.10 Å². The Balaban J connectivity index is 2.37. The maximum absolute atomic E-state index is 11.3. The van der Waals surface area contributed by atoms with Gasteiger partial charge in [-0.3, -0.25) is 0 Å². The van der Waals surface area contributed by atoms with Crippen LogP contribution in [0.2, 0.25) is 0 Å². The second-order valence-corrected chi connectivity index (χ2v) is 4.93. The maximum atomic E-state index is 11.3. The zero-order chi connectivity index (χ0) is 12.2. The zero-order valence-corrected chi connectivity index (χ0v) is 10.4. The van der Waals surface area contributed by atoms with Crippen molar-refractivity contribution in [1.82, 2.24) is 5.43 Å². The average molecular weight is 228 g/mol. The fraction of sp³-hybridized carbons (Fsp3) is 0.818. The minimum atomic E-state index is -0.515. The van der Waals surface area contributed by atoms with Gasteiger partial charge in [-0.1, -0.05) is 0 Å². The van der Waals surface area contributed by atoms with Crippen LogP contribution in [0.5, 0.6) is 0 Å². The van der Waals surface area contributed by atoms with E-state index in [1.807, 2.05) is 27.7 Å². The second-order valence-electron chi connectivity index (χ2n) is 4.93. The molecule has 0 saturated carbocycles. The molecule has 1 saturated heterocycles. The van der Waals surface area contributed by atoms with E-state index in [1.165, 1.54) is 0 Å². The van der Waals surface area contributed by atoms with Crippen molar-refractivity contribution in [3.63, 3.8) is 0 Å². The molecule has 5 nitrogen and oxygen atoms in total. The molecule has 1 amide bonds. The first-order valence-corrected chi connectivity index (χ1v) is 5.53. The second kappa shape index (κ2) is 5.30. The van der Waals surface area contributed by atoms with Crippen LogP contribution in [0.3, 0.4) is 0 Å². The summed E-state index contributed by atoms with van der Waals surface area (Å²) in [5.41, 5.74) is 2.86. The Kier molecular flexibility index (Phi) is 4.29. The van der Waals surface area contributed by atoms with Gasteiger partial charge in [-0.15, -0.1) is 0 Å². The summed E-state index contributed by atoms with van der Waals surface area (Å²) in [4.78, 5) is 11.3. The number of nitrogens with zero attached hydrogens (tertiary/aromatic N) is 1. The Morgan fingerprint density at radius 3 is 2.81 bits per heavy atom. The minimum Gasteiger partial charge on any atom is -0.443 e. The van der Waals surface area contributed by atoms with Crippen molar-refractivity contribution in [1.29, 1.82) is 0 Å². The zero-order valence-electron chi connectivity index (χ0n) is 10.4. The van der Waals surface area contributed by atoms with Gasteiger partial charge < -0.3 is 9.47 Å². The molecule has 1 aliphatic rings. The van der Waals surface area contributed by atoms with Gasteiger partial charge in [0.15, 0.2) is 0 Å². The standard InChI is InChI=1S/C11H20N2O3/c1-8-7-9(5-6-15-8)12-13-10(14)16-11(2,3)4/h8H,5-7H2,1-4H3,(H,13,14)/b12-9-/t8-/m0/s1. The van der Waals surface area contributed by atoms with Crippen molar-refractivity contribution in [3.05, 3.63) is 0 Å². The molecule has 0 aromatic rings. The third-order valence-electron chi connectivity index (χ3n) is 2.02. The molecule has 16 heavy (non-hydrogen) atoms. The highest BCUT2D eigenvalue weighted by Crippen LogP contribution is 2.10. The largest absolute Gasteiger partial charge is 0.443 e. The molecule has 1 heterocycles. The molecule has 0 spiro atoms. The van der Waals surface area contributed by atoms with Crippen LogP contribution in [-0.2, 0) is 9.47 Å². The molecule has 0 radical (unpaired) electrons. The van der Waals surface area contributed by atoms with Gasteiger partial charge in [-0.05, 0) is 27.7 Å². The van der Waals surface area contributed by atoms with Crippen LogP contribution in [0, 0.1) is 0 Å².